The minimum atomic E-state index is 0.0530. The van der Waals surface area contributed by atoms with Crippen LogP contribution in [0, 0.1) is 47.3 Å². The molecule has 0 aromatic heterocycles. The topological polar surface area (TPSA) is 51.4 Å². The molecule has 4 bridgehead atoms. The fourth-order valence-electron chi connectivity index (χ4n) is 6.92. The molecule has 6 fully saturated rings. The highest BCUT2D eigenvalue weighted by Gasteiger charge is 2.68. The SMILES string of the molecule is CC1C(COC(=O)C2C(C)C3CC2C2OC32)C2CC1C1OC21. The fourth-order valence-corrected chi connectivity index (χ4v) is 6.92. The van der Waals surface area contributed by atoms with Gasteiger partial charge in [-0.05, 0) is 42.4 Å². The summed E-state index contributed by atoms with van der Waals surface area (Å²) < 4.78 is 17.3. The molecule has 6 aliphatic rings. The number of esters is 1. The van der Waals surface area contributed by atoms with Crippen LogP contribution in [0.1, 0.15) is 26.7 Å². The van der Waals surface area contributed by atoms with Crippen LogP contribution >= 0.6 is 0 Å². The van der Waals surface area contributed by atoms with Crippen molar-refractivity contribution in [2.24, 2.45) is 47.3 Å². The van der Waals surface area contributed by atoms with Crippen molar-refractivity contribution in [3.8, 4) is 0 Å². The zero-order chi connectivity index (χ0) is 14.7. The van der Waals surface area contributed by atoms with Gasteiger partial charge >= 0.3 is 5.97 Å². The Morgan fingerprint density at radius 1 is 0.909 bits per heavy atom. The van der Waals surface area contributed by atoms with Gasteiger partial charge in [-0.25, -0.2) is 0 Å². The van der Waals surface area contributed by atoms with Gasteiger partial charge in [0.15, 0.2) is 0 Å². The van der Waals surface area contributed by atoms with Crippen LogP contribution in [0.3, 0.4) is 0 Å². The van der Waals surface area contributed by atoms with Crippen LogP contribution in [0.25, 0.3) is 0 Å². The predicted octanol–water partition coefficient (Wildman–Crippen LogP) is 1.87. The van der Waals surface area contributed by atoms with Crippen molar-refractivity contribution < 1.29 is 19.0 Å². The van der Waals surface area contributed by atoms with Crippen LogP contribution in [0.15, 0.2) is 0 Å². The Hall–Kier alpha value is -0.610. The van der Waals surface area contributed by atoms with Gasteiger partial charge in [0.2, 0.25) is 0 Å². The molecule has 12 unspecified atom stereocenters. The quantitative estimate of drug-likeness (QED) is 0.590. The second-order valence-electron chi connectivity index (χ2n) is 8.80. The number of rotatable bonds is 3. The van der Waals surface area contributed by atoms with Crippen LogP contribution in [0.5, 0.6) is 0 Å². The first-order chi connectivity index (χ1) is 10.6. The Morgan fingerprint density at radius 3 is 2.18 bits per heavy atom. The highest BCUT2D eigenvalue weighted by molar-refractivity contribution is 5.74. The molecule has 0 N–H and O–H groups in total. The Morgan fingerprint density at radius 2 is 1.50 bits per heavy atom. The van der Waals surface area contributed by atoms with Gasteiger partial charge in [-0.15, -0.1) is 0 Å². The van der Waals surface area contributed by atoms with E-state index in [0.717, 1.165) is 5.92 Å². The standard InChI is InChI=1S/C18H24O4/c1-6-8-3-10(16-14(8)21-16)12(6)5-20-18(19)13-7(2)9-4-11(13)17-15(9)22-17/h6-17H,3-5H2,1-2H3. The van der Waals surface area contributed by atoms with Gasteiger partial charge < -0.3 is 14.2 Å². The number of ether oxygens (including phenoxy) is 3. The molecule has 0 spiro atoms. The summed E-state index contributed by atoms with van der Waals surface area (Å²) >= 11 is 0. The van der Waals surface area contributed by atoms with Crippen molar-refractivity contribution in [3.05, 3.63) is 0 Å². The van der Waals surface area contributed by atoms with Gasteiger partial charge in [0.1, 0.15) is 0 Å². The lowest BCUT2D eigenvalue weighted by molar-refractivity contribution is -0.154. The normalized spacial score (nSPS) is 65.4. The van der Waals surface area contributed by atoms with Gasteiger partial charge in [0.05, 0.1) is 36.9 Å². The summed E-state index contributed by atoms with van der Waals surface area (Å²) in [6, 6.07) is 0. The van der Waals surface area contributed by atoms with E-state index in [1.807, 2.05) is 0 Å². The first kappa shape index (κ1) is 12.8. The minimum absolute atomic E-state index is 0.0530. The maximum atomic E-state index is 12.7. The van der Waals surface area contributed by atoms with Crippen molar-refractivity contribution in [1.82, 2.24) is 0 Å². The molecule has 0 amide bonds. The van der Waals surface area contributed by atoms with Gasteiger partial charge in [-0.1, -0.05) is 13.8 Å². The molecule has 2 saturated heterocycles. The summed E-state index contributed by atoms with van der Waals surface area (Å²) in [7, 11) is 0. The van der Waals surface area contributed by atoms with E-state index in [4.69, 9.17) is 14.2 Å². The third-order valence-electron chi connectivity index (χ3n) is 8.19. The van der Waals surface area contributed by atoms with Crippen molar-refractivity contribution in [3.63, 3.8) is 0 Å². The summed E-state index contributed by atoms with van der Waals surface area (Å²) in [5.41, 5.74) is 0. The molecule has 22 heavy (non-hydrogen) atoms. The largest absolute Gasteiger partial charge is 0.465 e. The smallest absolute Gasteiger partial charge is 0.309 e. The van der Waals surface area contributed by atoms with Gasteiger partial charge in [-0.2, -0.15) is 0 Å². The maximum absolute atomic E-state index is 12.7. The van der Waals surface area contributed by atoms with Gasteiger partial charge in [0.25, 0.3) is 0 Å². The number of hydrogen-bond donors (Lipinski definition) is 0. The molecule has 2 aliphatic heterocycles. The summed E-state index contributed by atoms with van der Waals surface area (Å²) in [5.74, 6) is 4.17. The van der Waals surface area contributed by atoms with Gasteiger partial charge in [0, 0.05) is 11.8 Å². The summed E-state index contributed by atoms with van der Waals surface area (Å²) in [4.78, 5) is 12.7. The summed E-state index contributed by atoms with van der Waals surface area (Å²) in [5, 5.41) is 0. The lowest BCUT2D eigenvalue weighted by Crippen LogP contribution is -2.36. The Bertz CT molecular complexity index is 547. The third-order valence-corrected chi connectivity index (χ3v) is 8.19. The first-order valence-corrected chi connectivity index (χ1v) is 9.12. The van der Waals surface area contributed by atoms with E-state index < -0.39 is 0 Å². The summed E-state index contributed by atoms with van der Waals surface area (Å²) in [6.07, 6.45) is 4.35. The second kappa shape index (κ2) is 3.89. The van der Waals surface area contributed by atoms with Crippen LogP contribution < -0.4 is 0 Å². The monoisotopic (exact) mass is 304 g/mol. The van der Waals surface area contributed by atoms with Crippen LogP contribution in [-0.2, 0) is 19.0 Å². The third kappa shape index (κ3) is 1.40. The van der Waals surface area contributed by atoms with E-state index >= 15 is 0 Å². The fraction of sp³-hybridized carbons (Fsp3) is 0.944. The molecule has 0 radical (unpaired) electrons. The molecule has 12 atom stereocenters. The molecule has 4 nitrogen and oxygen atoms in total. The molecule has 120 valence electrons. The average Bonchev–Trinajstić information content (AvgIpc) is 3.36. The molecule has 4 heteroatoms. The van der Waals surface area contributed by atoms with Crippen LogP contribution in [0.2, 0.25) is 0 Å². The highest BCUT2D eigenvalue weighted by Crippen LogP contribution is 2.63. The van der Waals surface area contributed by atoms with Crippen molar-refractivity contribution >= 4 is 5.97 Å². The molecule has 0 aromatic carbocycles. The predicted molar refractivity (Wildman–Crippen MR) is 76.8 cm³/mol. The number of epoxide rings is 2. The van der Waals surface area contributed by atoms with E-state index in [2.05, 4.69) is 13.8 Å². The first-order valence-electron chi connectivity index (χ1n) is 9.12. The number of carbonyl (C=O) groups excluding carboxylic acids is 1. The highest BCUT2D eigenvalue weighted by atomic mass is 16.6. The molecule has 0 aromatic rings. The Balaban J connectivity index is 1.13. The molecule has 2 heterocycles. The number of carbonyl (C=O) groups is 1. The zero-order valence-corrected chi connectivity index (χ0v) is 13.2. The number of hydrogen-bond acceptors (Lipinski definition) is 4. The minimum Gasteiger partial charge on any atom is -0.465 e. The van der Waals surface area contributed by atoms with Gasteiger partial charge in [-0.3, -0.25) is 4.79 Å². The van der Waals surface area contributed by atoms with Crippen molar-refractivity contribution in [2.75, 3.05) is 6.61 Å². The van der Waals surface area contributed by atoms with Crippen molar-refractivity contribution in [1.29, 1.82) is 0 Å². The second-order valence-corrected chi connectivity index (χ2v) is 8.80. The maximum Gasteiger partial charge on any atom is 0.309 e. The van der Waals surface area contributed by atoms with Crippen molar-refractivity contribution in [2.45, 2.75) is 51.1 Å². The molecular weight excluding hydrogens is 280 g/mol. The lowest BCUT2D eigenvalue weighted by atomic mass is 9.80. The van der Waals surface area contributed by atoms with E-state index in [9.17, 15) is 4.79 Å². The summed E-state index contributed by atoms with van der Waals surface area (Å²) in [6.45, 7) is 5.16. The molecular formula is C18H24O4. The average molecular weight is 304 g/mol. The molecule has 6 rings (SSSR count). The van der Waals surface area contributed by atoms with E-state index in [1.165, 1.54) is 12.8 Å². The Labute approximate surface area is 130 Å². The van der Waals surface area contributed by atoms with E-state index in [0.29, 0.717) is 66.5 Å². The molecule has 4 saturated carbocycles. The van der Waals surface area contributed by atoms with E-state index in [-0.39, 0.29) is 11.9 Å². The lowest BCUT2D eigenvalue weighted by Gasteiger charge is -2.28. The Kier molecular flexibility index (Phi) is 2.26. The van der Waals surface area contributed by atoms with Crippen LogP contribution in [0.4, 0.5) is 0 Å². The molecule has 4 aliphatic carbocycles. The zero-order valence-electron chi connectivity index (χ0n) is 13.2. The van der Waals surface area contributed by atoms with E-state index in [1.54, 1.807) is 0 Å². The number of fused-ring (bicyclic) bond motifs is 10. The van der Waals surface area contributed by atoms with Crippen LogP contribution in [-0.4, -0.2) is 37.0 Å².